The predicted octanol–water partition coefficient (Wildman–Crippen LogP) is 4.92. The zero-order chi connectivity index (χ0) is 13.7. The Morgan fingerprint density at radius 2 is 1.90 bits per heavy atom. The zero-order valence-electron chi connectivity index (χ0n) is 12.2. The first-order chi connectivity index (χ1) is 9.74. The van der Waals surface area contributed by atoms with E-state index in [0.717, 1.165) is 29.7 Å². The van der Waals surface area contributed by atoms with Crippen LogP contribution in [0.1, 0.15) is 50.6 Å². The first-order valence-electron chi connectivity index (χ1n) is 8.24. The summed E-state index contributed by atoms with van der Waals surface area (Å²) in [4.78, 5) is 0. The summed E-state index contributed by atoms with van der Waals surface area (Å²) in [5.74, 6) is 4.16. The van der Waals surface area contributed by atoms with Crippen molar-refractivity contribution in [3.8, 4) is 0 Å². The van der Waals surface area contributed by atoms with Gasteiger partial charge in [-0.05, 0) is 67.9 Å². The summed E-state index contributed by atoms with van der Waals surface area (Å²) in [7, 11) is 0. The van der Waals surface area contributed by atoms with E-state index in [1.807, 2.05) is 0 Å². The normalized spacial score (nSPS) is 40.0. The van der Waals surface area contributed by atoms with Gasteiger partial charge in [-0.25, -0.2) is 0 Å². The van der Waals surface area contributed by atoms with E-state index >= 15 is 0 Å². The maximum Gasteiger partial charge on any atom is 0.0305 e. The van der Waals surface area contributed by atoms with Crippen molar-refractivity contribution < 1.29 is 0 Å². The summed E-state index contributed by atoms with van der Waals surface area (Å²) in [6, 6.07) is 9.86. The molecule has 0 spiro atoms. The van der Waals surface area contributed by atoms with Gasteiger partial charge in [0.1, 0.15) is 0 Å². The highest BCUT2D eigenvalue weighted by molar-refractivity contribution is 9.10. The van der Waals surface area contributed by atoms with Gasteiger partial charge in [-0.2, -0.15) is 0 Å². The number of rotatable bonds is 3. The van der Waals surface area contributed by atoms with Gasteiger partial charge in [0.05, 0.1) is 0 Å². The predicted molar refractivity (Wildman–Crippen MR) is 86.5 cm³/mol. The van der Waals surface area contributed by atoms with E-state index in [1.54, 1.807) is 0 Å². The second-order valence-corrected chi connectivity index (χ2v) is 8.02. The highest BCUT2D eigenvalue weighted by Gasteiger charge is 2.53. The van der Waals surface area contributed by atoms with Crippen LogP contribution in [0.15, 0.2) is 28.7 Å². The third-order valence-corrected chi connectivity index (χ3v) is 6.99. The first kappa shape index (κ1) is 13.3. The van der Waals surface area contributed by atoms with Crippen molar-refractivity contribution in [1.29, 1.82) is 0 Å². The van der Waals surface area contributed by atoms with Gasteiger partial charge < -0.3 is 5.32 Å². The van der Waals surface area contributed by atoms with E-state index in [9.17, 15) is 0 Å². The van der Waals surface area contributed by atoms with Gasteiger partial charge in [-0.15, -0.1) is 0 Å². The Kier molecular flexibility index (Phi) is 3.42. The Labute approximate surface area is 130 Å². The molecule has 1 aromatic carbocycles. The first-order valence-corrected chi connectivity index (χ1v) is 9.04. The van der Waals surface area contributed by atoms with Crippen molar-refractivity contribution in [2.75, 3.05) is 0 Å². The van der Waals surface area contributed by atoms with Crippen LogP contribution in [0.2, 0.25) is 0 Å². The standard InChI is InChI=1S/C18H24BrN/c1-11(13-5-2-3-8-17(13)19)20-18-10-12-9-16(18)15-7-4-6-14(12)15/h2-3,5,8,11-12,14-16,18,20H,4,6-7,9-10H2,1H3/t11-,12?,14?,15?,16?,18?/m0/s1. The van der Waals surface area contributed by atoms with Crippen molar-refractivity contribution in [1.82, 2.24) is 5.32 Å². The smallest absolute Gasteiger partial charge is 0.0305 e. The Bertz CT molecular complexity index is 500. The summed E-state index contributed by atoms with van der Waals surface area (Å²) < 4.78 is 1.24. The number of hydrogen-bond donors (Lipinski definition) is 1. The molecule has 0 saturated heterocycles. The van der Waals surface area contributed by atoms with E-state index in [0.29, 0.717) is 6.04 Å². The molecule has 3 saturated carbocycles. The molecule has 0 heterocycles. The van der Waals surface area contributed by atoms with Crippen LogP contribution >= 0.6 is 15.9 Å². The molecule has 108 valence electrons. The van der Waals surface area contributed by atoms with Crippen LogP contribution in [-0.2, 0) is 0 Å². The largest absolute Gasteiger partial charge is 0.307 e. The second-order valence-electron chi connectivity index (χ2n) is 7.17. The van der Waals surface area contributed by atoms with E-state index in [-0.39, 0.29) is 0 Å². The van der Waals surface area contributed by atoms with E-state index in [1.165, 1.54) is 42.1 Å². The minimum atomic E-state index is 0.453. The van der Waals surface area contributed by atoms with E-state index in [4.69, 9.17) is 0 Å². The van der Waals surface area contributed by atoms with Crippen LogP contribution in [0.5, 0.6) is 0 Å². The van der Waals surface area contributed by atoms with Crippen LogP contribution in [0.3, 0.4) is 0 Å². The molecule has 0 aliphatic heterocycles. The average molecular weight is 334 g/mol. The molecular weight excluding hydrogens is 310 g/mol. The van der Waals surface area contributed by atoms with Gasteiger partial charge >= 0.3 is 0 Å². The molecule has 1 nitrogen and oxygen atoms in total. The fourth-order valence-electron chi connectivity index (χ4n) is 5.50. The number of benzene rings is 1. The molecule has 2 bridgehead atoms. The summed E-state index contributed by atoms with van der Waals surface area (Å²) >= 11 is 3.69. The second kappa shape index (κ2) is 5.14. The molecule has 4 rings (SSSR count). The maximum absolute atomic E-state index is 3.95. The van der Waals surface area contributed by atoms with Crippen molar-refractivity contribution in [2.24, 2.45) is 23.7 Å². The summed E-state index contributed by atoms with van der Waals surface area (Å²) in [6.07, 6.45) is 7.47. The molecule has 20 heavy (non-hydrogen) atoms. The molecule has 1 N–H and O–H groups in total. The molecular formula is C18H24BrN. The van der Waals surface area contributed by atoms with Gasteiger partial charge in [0.25, 0.3) is 0 Å². The lowest BCUT2D eigenvalue weighted by molar-refractivity contribution is 0.200. The number of hydrogen-bond acceptors (Lipinski definition) is 1. The molecule has 3 aliphatic rings. The Balaban J connectivity index is 1.47. The Hall–Kier alpha value is -0.340. The quantitative estimate of drug-likeness (QED) is 0.827. The van der Waals surface area contributed by atoms with Gasteiger partial charge in [0, 0.05) is 16.6 Å². The van der Waals surface area contributed by atoms with E-state index < -0.39 is 0 Å². The molecule has 3 fully saturated rings. The Morgan fingerprint density at radius 1 is 1.10 bits per heavy atom. The third kappa shape index (κ3) is 2.07. The summed E-state index contributed by atoms with van der Waals surface area (Å²) in [6.45, 7) is 2.32. The molecule has 6 atom stereocenters. The molecule has 2 heteroatoms. The van der Waals surface area contributed by atoms with Gasteiger partial charge in [-0.1, -0.05) is 40.5 Å². The minimum Gasteiger partial charge on any atom is -0.307 e. The highest BCUT2D eigenvalue weighted by Crippen LogP contribution is 2.58. The lowest BCUT2D eigenvalue weighted by Gasteiger charge is -2.34. The van der Waals surface area contributed by atoms with Crippen LogP contribution in [-0.4, -0.2) is 6.04 Å². The molecule has 0 amide bonds. The fraction of sp³-hybridized carbons (Fsp3) is 0.667. The zero-order valence-corrected chi connectivity index (χ0v) is 13.8. The lowest BCUT2D eigenvalue weighted by Crippen LogP contribution is -2.40. The van der Waals surface area contributed by atoms with Crippen molar-refractivity contribution >= 4 is 15.9 Å². The fourth-order valence-corrected chi connectivity index (χ4v) is 6.13. The van der Waals surface area contributed by atoms with Gasteiger partial charge in [0.2, 0.25) is 0 Å². The molecule has 3 aliphatic carbocycles. The molecule has 5 unspecified atom stereocenters. The maximum atomic E-state index is 3.95. The van der Waals surface area contributed by atoms with Gasteiger partial charge in [0.15, 0.2) is 0 Å². The molecule has 1 aromatic rings. The van der Waals surface area contributed by atoms with Crippen LogP contribution in [0.4, 0.5) is 0 Å². The Morgan fingerprint density at radius 3 is 2.75 bits per heavy atom. The van der Waals surface area contributed by atoms with Crippen LogP contribution in [0.25, 0.3) is 0 Å². The molecule has 0 radical (unpaired) electrons. The minimum absolute atomic E-state index is 0.453. The van der Waals surface area contributed by atoms with Crippen molar-refractivity contribution in [3.05, 3.63) is 34.3 Å². The van der Waals surface area contributed by atoms with Gasteiger partial charge in [-0.3, -0.25) is 0 Å². The lowest BCUT2D eigenvalue weighted by atomic mass is 9.79. The number of nitrogens with one attached hydrogen (secondary N) is 1. The SMILES string of the molecule is C[C@H](NC1CC2CC1C1CCCC21)c1ccccc1Br. The summed E-state index contributed by atoms with van der Waals surface area (Å²) in [5.41, 5.74) is 1.40. The van der Waals surface area contributed by atoms with Crippen molar-refractivity contribution in [3.63, 3.8) is 0 Å². The number of halogens is 1. The van der Waals surface area contributed by atoms with Crippen LogP contribution < -0.4 is 5.32 Å². The van der Waals surface area contributed by atoms with Crippen molar-refractivity contribution in [2.45, 2.75) is 51.1 Å². The average Bonchev–Trinajstić information content (AvgIpc) is 3.10. The highest BCUT2D eigenvalue weighted by atomic mass is 79.9. The molecule has 0 aromatic heterocycles. The third-order valence-electron chi connectivity index (χ3n) is 6.26. The summed E-state index contributed by atoms with van der Waals surface area (Å²) in [5, 5.41) is 3.95. The number of fused-ring (bicyclic) bond motifs is 5. The monoisotopic (exact) mass is 333 g/mol. The van der Waals surface area contributed by atoms with E-state index in [2.05, 4.69) is 52.4 Å². The van der Waals surface area contributed by atoms with Crippen LogP contribution in [0, 0.1) is 23.7 Å². The topological polar surface area (TPSA) is 12.0 Å².